The quantitative estimate of drug-likeness (QED) is 0.544. The third-order valence-electron chi connectivity index (χ3n) is 4.15. The number of halogens is 3. The zero-order valence-corrected chi connectivity index (χ0v) is 17.0. The molecule has 166 valence electrons. The van der Waals surface area contributed by atoms with Crippen LogP contribution in [-0.2, 0) is 18.4 Å². The Morgan fingerprint density at radius 3 is 2.28 bits per heavy atom. The summed E-state index contributed by atoms with van der Waals surface area (Å²) in [5, 5.41) is 28.3. The van der Waals surface area contributed by atoms with Gasteiger partial charge in [-0.1, -0.05) is 0 Å². The normalized spacial score (nSPS) is 19.5. The van der Waals surface area contributed by atoms with Gasteiger partial charge in [-0.3, -0.25) is 4.57 Å². The molecule has 29 heavy (non-hydrogen) atoms. The zero-order valence-electron chi connectivity index (χ0n) is 16.1. The summed E-state index contributed by atoms with van der Waals surface area (Å²) in [7, 11) is -3.12. The first-order valence-corrected chi connectivity index (χ1v) is 10.7. The number of quaternary nitrogens is 1. The lowest BCUT2D eigenvalue weighted by Gasteiger charge is -2.26. The number of likely N-dealkylation sites (tertiary alicyclic amines) is 1. The van der Waals surface area contributed by atoms with Gasteiger partial charge in [0.25, 0.3) is 0 Å². The molecule has 0 radical (unpaired) electrons. The number of aliphatic carboxylic acids is 1. The number of carbonyl (C=O) groups is 1. The number of alkyl halides is 3. The van der Waals surface area contributed by atoms with Crippen LogP contribution < -0.4 is 10.0 Å². The topological polar surface area (TPSA) is 121 Å². The molecule has 2 unspecified atom stereocenters. The summed E-state index contributed by atoms with van der Waals surface area (Å²) in [5.41, 5.74) is 0.768. The van der Waals surface area contributed by atoms with E-state index in [1.54, 1.807) is 26.0 Å². The Hall–Kier alpha value is -1.81. The van der Waals surface area contributed by atoms with Crippen LogP contribution in [0.3, 0.4) is 0 Å². The molecule has 0 aliphatic carbocycles. The first-order chi connectivity index (χ1) is 13.4. The first-order valence-electron chi connectivity index (χ1n) is 8.96. The van der Waals surface area contributed by atoms with Crippen LogP contribution in [0.4, 0.5) is 13.2 Å². The number of hydrogen-bond acceptors (Lipinski definition) is 7. The highest BCUT2D eigenvalue weighted by molar-refractivity contribution is 7.53. The SMILES string of the molecule is CCOP(=O)(C[NH+]1CCCC1c1ccc(O)cc1O)OCC.O=C([O-])C(F)(F)F. The van der Waals surface area contributed by atoms with E-state index in [0.29, 0.717) is 19.5 Å². The number of phenolic OH excluding ortho intramolecular Hbond substituents is 2. The van der Waals surface area contributed by atoms with Crippen molar-refractivity contribution in [2.75, 3.05) is 26.0 Å². The van der Waals surface area contributed by atoms with E-state index in [4.69, 9.17) is 18.9 Å². The predicted molar refractivity (Wildman–Crippen MR) is 94.4 cm³/mol. The number of nitrogens with one attached hydrogen (secondary N) is 1. The second-order valence-corrected chi connectivity index (χ2v) is 8.29. The monoisotopic (exact) mass is 443 g/mol. The second kappa shape index (κ2) is 10.8. The standard InChI is InChI=1S/C15H24NO5P.C2HF3O2/c1-3-20-22(19,21-4-2)11-16-9-5-6-14(16)13-8-7-12(17)10-15(13)18;3-2(4,5)1(6)7/h7-8,10,14,17-18H,3-6,9,11H2,1-2H3;(H,6,7). The summed E-state index contributed by atoms with van der Waals surface area (Å²) in [6.45, 7) is 5.15. The molecule has 8 nitrogen and oxygen atoms in total. The first kappa shape index (κ1) is 25.2. The van der Waals surface area contributed by atoms with Gasteiger partial charge >= 0.3 is 13.8 Å². The number of hydrogen-bond donors (Lipinski definition) is 3. The summed E-state index contributed by atoms with van der Waals surface area (Å²) < 4.78 is 55.0. The van der Waals surface area contributed by atoms with E-state index in [0.717, 1.165) is 29.8 Å². The Morgan fingerprint density at radius 1 is 1.28 bits per heavy atom. The largest absolute Gasteiger partial charge is 0.542 e. The van der Waals surface area contributed by atoms with E-state index in [1.807, 2.05) is 0 Å². The molecule has 2 rings (SSSR count). The molecule has 3 N–H and O–H groups in total. The molecule has 1 aliphatic rings. The van der Waals surface area contributed by atoms with Crippen molar-refractivity contribution in [3.8, 4) is 11.5 Å². The molecule has 1 aliphatic heterocycles. The van der Waals surface area contributed by atoms with Crippen LogP contribution in [0, 0.1) is 0 Å². The molecule has 1 aromatic carbocycles. The molecule has 12 heteroatoms. The summed E-state index contributed by atoms with van der Waals surface area (Å²) in [6.07, 6.45) is -3.02. The third-order valence-corrected chi connectivity index (χ3v) is 6.25. The van der Waals surface area contributed by atoms with Gasteiger partial charge in [0.2, 0.25) is 0 Å². The van der Waals surface area contributed by atoms with E-state index < -0.39 is 19.7 Å². The minimum Gasteiger partial charge on any atom is -0.542 e. The van der Waals surface area contributed by atoms with Gasteiger partial charge in [-0.25, -0.2) is 0 Å². The van der Waals surface area contributed by atoms with Gasteiger partial charge in [0.05, 0.1) is 25.3 Å². The fourth-order valence-corrected chi connectivity index (χ4v) is 4.99. The lowest BCUT2D eigenvalue weighted by atomic mass is 10.0. The van der Waals surface area contributed by atoms with Crippen molar-refractivity contribution >= 4 is 13.6 Å². The van der Waals surface area contributed by atoms with Gasteiger partial charge in [-0.15, -0.1) is 0 Å². The Balaban J connectivity index is 0.000000516. The molecule has 2 atom stereocenters. The van der Waals surface area contributed by atoms with Crippen LogP contribution in [0.2, 0.25) is 0 Å². The number of carboxylic acids is 1. The van der Waals surface area contributed by atoms with Crippen molar-refractivity contribution in [3.05, 3.63) is 23.8 Å². The Morgan fingerprint density at radius 2 is 1.83 bits per heavy atom. The van der Waals surface area contributed by atoms with E-state index in [2.05, 4.69) is 0 Å². The molecule has 1 heterocycles. The number of carboxylic acid groups (broad SMARTS) is 1. The van der Waals surface area contributed by atoms with Crippen LogP contribution in [0.25, 0.3) is 0 Å². The summed E-state index contributed by atoms with van der Waals surface area (Å²) in [5.74, 6) is -2.89. The third kappa shape index (κ3) is 7.85. The van der Waals surface area contributed by atoms with Gasteiger partial charge in [-0.2, -0.15) is 13.2 Å². The summed E-state index contributed by atoms with van der Waals surface area (Å²) in [6, 6.07) is 4.67. The predicted octanol–water partition coefficient (Wildman–Crippen LogP) is 1.34. The van der Waals surface area contributed by atoms with Crippen LogP contribution >= 0.6 is 7.60 Å². The molecule has 0 aromatic heterocycles. The van der Waals surface area contributed by atoms with E-state index in [1.165, 1.54) is 6.07 Å². The maximum Gasteiger partial charge on any atom is 0.430 e. The number of carbonyl (C=O) groups excluding carboxylic acids is 1. The van der Waals surface area contributed by atoms with Crippen molar-refractivity contribution in [1.82, 2.24) is 0 Å². The van der Waals surface area contributed by atoms with Gasteiger partial charge in [0.1, 0.15) is 23.5 Å². The van der Waals surface area contributed by atoms with Gasteiger partial charge < -0.3 is 34.1 Å². The van der Waals surface area contributed by atoms with Crippen LogP contribution in [-0.4, -0.2) is 48.4 Å². The van der Waals surface area contributed by atoms with E-state index in [9.17, 15) is 27.9 Å². The van der Waals surface area contributed by atoms with Gasteiger partial charge in [-0.05, 0) is 26.0 Å². The fraction of sp³-hybridized carbons (Fsp3) is 0.588. The number of phenols is 2. The highest BCUT2D eigenvalue weighted by Crippen LogP contribution is 2.46. The van der Waals surface area contributed by atoms with Crippen molar-refractivity contribution in [1.29, 1.82) is 0 Å². The minimum absolute atomic E-state index is 0.0369. The van der Waals surface area contributed by atoms with Crippen molar-refractivity contribution in [2.45, 2.75) is 38.9 Å². The molecule has 0 amide bonds. The number of aromatic hydroxyl groups is 2. The van der Waals surface area contributed by atoms with Gasteiger partial charge in [0.15, 0.2) is 6.29 Å². The van der Waals surface area contributed by atoms with Crippen molar-refractivity contribution in [3.63, 3.8) is 0 Å². The average Bonchev–Trinajstić information content (AvgIpc) is 3.02. The van der Waals surface area contributed by atoms with Crippen molar-refractivity contribution < 1.29 is 51.8 Å². The molecular formula is C17H25F3NO7P. The van der Waals surface area contributed by atoms with Crippen LogP contribution in [0.15, 0.2) is 18.2 Å². The lowest BCUT2D eigenvalue weighted by Crippen LogP contribution is -3.10. The number of benzene rings is 1. The molecule has 1 aromatic rings. The van der Waals surface area contributed by atoms with Crippen LogP contribution in [0.5, 0.6) is 11.5 Å². The fourth-order valence-electron chi connectivity index (χ4n) is 3.07. The molecule has 0 saturated carbocycles. The Labute approximate surface area is 166 Å². The van der Waals surface area contributed by atoms with E-state index in [-0.39, 0.29) is 17.5 Å². The molecule has 0 spiro atoms. The van der Waals surface area contributed by atoms with E-state index >= 15 is 0 Å². The van der Waals surface area contributed by atoms with Gasteiger partial charge in [0, 0.05) is 18.9 Å². The average molecular weight is 443 g/mol. The highest BCUT2D eigenvalue weighted by Gasteiger charge is 2.39. The minimum atomic E-state index is -5.19. The smallest absolute Gasteiger partial charge is 0.430 e. The maximum absolute atomic E-state index is 12.7. The van der Waals surface area contributed by atoms with Crippen LogP contribution in [0.1, 0.15) is 38.3 Å². The Kier molecular flexibility index (Phi) is 9.41. The molecular weight excluding hydrogens is 418 g/mol. The highest BCUT2D eigenvalue weighted by atomic mass is 31.2. The maximum atomic E-state index is 12.7. The molecule has 1 fully saturated rings. The summed E-state index contributed by atoms with van der Waals surface area (Å²) in [4.78, 5) is 9.87. The zero-order chi connectivity index (χ0) is 22.2. The van der Waals surface area contributed by atoms with Crippen molar-refractivity contribution in [2.24, 2.45) is 0 Å². The molecule has 0 bridgehead atoms. The summed E-state index contributed by atoms with van der Waals surface area (Å²) >= 11 is 0. The molecule has 1 saturated heterocycles. The second-order valence-electron chi connectivity index (χ2n) is 6.24. The lowest BCUT2D eigenvalue weighted by molar-refractivity contribution is -0.907. The number of rotatable bonds is 7. The Bertz CT molecular complexity index is 719.